The number of hydrogen-bond acceptors (Lipinski definition) is 6. The highest BCUT2D eigenvalue weighted by Crippen LogP contribution is 2.62. The number of thiazole rings is 1. The summed E-state index contributed by atoms with van der Waals surface area (Å²) in [4.78, 5) is 31.1. The fourth-order valence-corrected chi connectivity index (χ4v) is 7.20. The van der Waals surface area contributed by atoms with Gasteiger partial charge in [0.2, 0.25) is 5.91 Å². The van der Waals surface area contributed by atoms with Gasteiger partial charge in [-0.3, -0.25) is 14.9 Å². The molecule has 0 radical (unpaired) electrons. The third-order valence-corrected chi connectivity index (χ3v) is 9.15. The molecule has 1 heterocycles. The van der Waals surface area contributed by atoms with E-state index in [1.54, 1.807) is 0 Å². The van der Waals surface area contributed by atoms with Crippen molar-refractivity contribution in [3.8, 4) is 0 Å². The van der Waals surface area contributed by atoms with Crippen LogP contribution in [-0.2, 0) is 11.2 Å². The summed E-state index contributed by atoms with van der Waals surface area (Å²) in [5.74, 6) is -3.48. The molecule has 2 amide bonds. The number of hydrogen-bond donors (Lipinski definition) is 4. The lowest BCUT2D eigenvalue weighted by molar-refractivity contribution is -0.144. The fourth-order valence-electron chi connectivity index (χ4n) is 6.14. The number of rotatable bonds is 6. The fraction of sp³-hybridized carbons (Fsp3) is 0.577. The Bertz CT molecular complexity index is 1150. The molecule has 10 heteroatoms. The van der Waals surface area contributed by atoms with E-state index in [2.05, 4.69) is 22.5 Å². The molecule has 2 aliphatic rings. The maximum Gasteiger partial charge on any atom is 0.263 e. The molecule has 0 aliphatic heterocycles. The van der Waals surface area contributed by atoms with Crippen molar-refractivity contribution in [1.29, 1.82) is 0 Å². The second-order valence-electron chi connectivity index (χ2n) is 10.8. The van der Waals surface area contributed by atoms with E-state index < -0.39 is 40.0 Å². The Morgan fingerprint density at radius 2 is 1.92 bits per heavy atom. The quantitative estimate of drug-likeness (QED) is 0.459. The van der Waals surface area contributed by atoms with Gasteiger partial charge in [-0.1, -0.05) is 19.9 Å². The van der Waals surface area contributed by atoms with Crippen molar-refractivity contribution < 1.29 is 28.6 Å². The largest absolute Gasteiger partial charge is 0.396 e. The number of aliphatic hydroxyl groups excluding tert-OH is 2. The van der Waals surface area contributed by atoms with E-state index in [1.165, 1.54) is 17.4 Å². The Balaban J connectivity index is 1.73. The van der Waals surface area contributed by atoms with Crippen molar-refractivity contribution in [2.24, 2.45) is 16.7 Å². The Kier molecular flexibility index (Phi) is 7.24. The number of carbonyl (C=O) groups is 2. The predicted octanol–water partition coefficient (Wildman–Crippen LogP) is 4.00. The second kappa shape index (κ2) is 9.79. The summed E-state index contributed by atoms with van der Waals surface area (Å²) in [5.41, 5.74) is -1.22. The van der Waals surface area contributed by atoms with Gasteiger partial charge in [-0.15, -0.1) is 11.3 Å². The summed E-state index contributed by atoms with van der Waals surface area (Å²) in [6, 6.07) is 3.17. The van der Waals surface area contributed by atoms with Gasteiger partial charge >= 0.3 is 0 Å². The van der Waals surface area contributed by atoms with E-state index in [4.69, 9.17) is 0 Å². The Morgan fingerprint density at radius 3 is 2.53 bits per heavy atom. The first-order valence-corrected chi connectivity index (χ1v) is 13.1. The van der Waals surface area contributed by atoms with Crippen molar-refractivity contribution in [2.45, 2.75) is 71.4 Å². The van der Waals surface area contributed by atoms with Crippen molar-refractivity contribution in [2.75, 3.05) is 11.9 Å². The van der Waals surface area contributed by atoms with Crippen LogP contribution in [0, 0.1) is 28.4 Å². The van der Waals surface area contributed by atoms with Crippen LogP contribution in [0.3, 0.4) is 0 Å². The standard InChI is InChI=1S/C26H33F2N3O4S/c1-13(2)29-20(34)10-14-22-17(11-18-25(14,3)9-8-19(33)26(18,4)12-32)36-24(30-22)31-23(35)21-15(27)6-5-7-16(21)28/h5-7,13-14,18-19,32-33H,8-12H2,1-4H3,(H,29,34)(H,30,31,35). The molecule has 1 aromatic carbocycles. The van der Waals surface area contributed by atoms with Crippen molar-refractivity contribution >= 4 is 28.3 Å². The van der Waals surface area contributed by atoms with Gasteiger partial charge in [0.1, 0.15) is 17.2 Å². The number of fused-ring (bicyclic) bond motifs is 2. The number of nitrogens with one attached hydrogen (secondary N) is 2. The topological polar surface area (TPSA) is 112 Å². The Morgan fingerprint density at radius 1 is 1.25 bits per heavy atom. The summed E-state index contributed by atoms with van der Waals surface area (Å²) >= 11 is 1.20. The number of aliphatic hydroxyl groups is 2. The third kappa shape index (κ3) is 4.54. The van der Waals surface area contributed by atoms with Gasteiger partial charge in [-0.2, -0.15) is 0 Å². The molecule has 5 atom stereocenters. The van der Waals surface area contributed by atoms with Crippen molar-refractivity contribution in [3.63, 3.8) is 0 Å². The molecule has 1 aromatic heterocycles. The van der Waals surface area contributed by atoms with Crippen LogP contribution in [0.1, 0.15) is 73.8 Å². The molecule has 0 bridgehead atoms. The zero-order valence-electron chi connectivity index (χ0n) is 20.9. The highest BCUT2D eigenvalue weighted by atomic mass is 32.1. The monoisotopic (exact) mass is 521 g/mol. The summed E-state index contributed by atoms with van der Waals surface area (Å²) in [6.07, 6.45) is 1.11. The Labute approximate surface area is 213 Å². The Hall–Kier alpha value is -2.43. The molecular weight excluding hydrogens is 488 g/mol. The zero-order valence-corrected chi connectivity index (χ0v) is 21.7. The number of halogens is 2. The number of aromatic nitrogens is 1. The molecule has 5 unspecified atom stereocenters. The highest BCUT2D eigenvalue weighted by molar-refractivity contribution is 7.15. The van der Waals surface area contributed by atoms with E-state index >= 15 is 0 Å². The SMILES string of the molecule is CC(C)NC(=O)CC1c2nc(NC(=O)c3c(F)cccc3F)sc2CC2C(C)(CO)C(O)CCC12C. The summed E-state index contributed by atoms with van der Waals surface area (Å²) < 4.78 is 28.3. The minimum atomic E-state index is -0.969. The van der Waals surface area contributed by atoms with Gasteiger partial charge in [-0.25, -0.2) is 13.8 Å². The van der Waals surface area contributed by atoms with Gasteiger partial charge in [0.25, 0.3) is 5.91 Å². The number of carbonyl (C=O) groups excluding carboxylic acids is 2. The molecule has 36 heavy (non-hydrogen) atoms. The number of benzene rings is 1. The summed E-state index contributed by atoms with van der Waals surface area (Å²) in [6.45, 7) is 7.52. The van der Waals surface area contributed by atoms with Gasteiger partial charge in [0, 0.05) is 28.7 Å². The molecular formula is C26H33F2N3O4S. The predicted molar refractivity (Wildman–Crippen MR) is 133 cm³/mol. The second-order valence-corrected chi connectivity index (χ2v) is 11.9. The maximum atomic E-state index is 14.1. The van der Waals surface area contributed by atoms with E-state index in [0.717, 1.165) is 17.0 Å². The van der Waals surface area contributed by atoms with Gasteiger partial charge in [-0.05, 0) is 56.6 Å². The van der Waals surface area contributed by atoms with Crippen LogP contribution in [-0.4, -0.2) is 45.8 Å². The summed E-state index contributed by atoms with van der Waals surface area (Å²) in [7, 11) is 0. The van der Waals surface area contributed by atoms with E-state index in [-0.39, 0.29) is 41.9 Å². The average Bonchev–Trinajstić information content (AvgIpc) is 3.19. The first-order valence-electron chi connectivity index (χ1n) is 12.2. The van der Waals surface area contributed by atoms with Crippen LogP contribution >= 0.6 is 11.3 Å². The third-order valence-electron chi connectivity index (χ3n) is 8.14. The normalized spacial score (nSPS) is 29.4. The lowest BCUT2D eigenvalue weighted by atomic mass is 9.47. The van der Waals surface area contributed by atoms with Gasteiger partial charge in [0.05, 0.1) is 18.4 Å². The molecule has 1 saturated carbocycles. The van der Waals surface area contributed by atoms with Crippen LogP contribution in [0.25, 0.3) is 0 Å². The van der Waals surface area contributed by atoms with E-state index in [1.807, 2.05) is 20.8 Å². The molecule has 4 N–H and O–H groups in total. The lowest BCUT2D eigenvalue weighted by Crippen LogP contribution is -2.57. The van der Waals surface area contributed by atoms with E-state index in [0.29, 0.717) is 25.0 Å². The van der Waals surface area contributed by atoms with Gasteiger partial charge in [0.15, 0.2) is 5.13 Å². The van der Waals surface area contributed by atoms with Gasteiger partial charge < -0.3 is 15.5 Å². The molecule has 7 nitrogen and oxygen atoms in total. The molecule has 0 saturated heterocycles. The minimum absolute atomic E-state index is 0.0407. The van der Waals surface area contributed by atoms with Crippen LogP contribution in [0.4, 0.5) is 13.9 Å². The van der Waals surface area contributed by atoms with Crippen molar-refractivity contribution in [3.05, 3.63) is 46.0 Å². The molecule has 0 spiro atoms. The smallest absolute Gasteiger partial charge is 0.263 e. The van der Waals surface area contributed by atoms with Crippen molar-refractivity contribution in [1.82, 2.24) is 10.3 Å². The lowest BCUT2D eigenvalue weighted by Gasteiger charge is -2.58. The molecule has 196 valence electrons. The molecule has 2 aromatic rings. The molecule has 4 rings (SSSR count). The number of anilines is 1. The average molecular weight is 522 g/mol. The van der Waals surface area contributed by atoms with Crippen LogP contribution in [0.15, 0.2) is 18.2 Å². The van der Waals surface area contributed by atoms with Crippen LogP contribution < -0.4 is 10.6 Å². The first-order chi connectivity index (χ1) is 16.9. The molecule has 2 aliphatic carbocycles. The van der Waals surface area contributed by atoms with E-state index in [9.17, 15) is 28.6 Å². The highest BCUT2D eigenvalue weighted by Gasteiger charge is 2.59. The maximum absolute atomic E-state index is 14.1. The minimum Gasteiger partial charge on any atom is -0.396 e. The summed E-state index contributed by atoms with van der Waals surface area (Å²) in [5, 5.41) is 26.8. The molecule has 1 fully saturated rings. The number of nitrogens with zero attached hydrogens (tertiary/aromatic N) is 1. The first kappa shape index (κ1) is 26.6. The van der Waals surface area contributed by atoms with Crippen LogP contribution in [0.5, 0.6) is 0 Å². The van der Waals surface area contributed by atoms with Crippen LogP contribution in [0.2, 0.25) is 0 Å². The number of amides is 2. The zero-order chi connectivity index (χ0) is 26.4.